The first-order valence-corrected chi connectivity index (χ1v) is 12.0. The molecule has 1 aromatic heterocycles. The smallest absolute Gasteiger partial charge is 0.242 e. The SMILES string of the molecule is CC(=O)c1ccc(S(=O)(=O)N(C)CCCC(=O)N2CCC[C@@H]2c2cccs2)cc1. The number of ketones is 1. The first-order chi connectivity index (χ1) is 13.8. The number of sulfonamides is 1. The Hall–Kier alpha value is -2.03. The predicted octanol–water partition coefficient (Wildman–Crippen LogP) is 3.72. The van der Waals surface area contributed by atoms with Crippen LogP contribution in [0.25, 0.3) is 0 Å². The number of carbonyl (C=O) groups excluding carboxylic acids is 2. The Kier molecular flexibility index (Phi) is 6.87. The summed E-state index contributed by atoms with van der Waals surface area (Å²) in [5.74, 6) is -0.0268. The third-order valence-electron chi connectivity index (χ3n) is 5.28. The van der Waals surface area contributed by atoms with E-state index in [1.54, 1.807) is 11.3 Å². The lowest BCUT2D eigenvalue weighted by Crippen LogP contribution is -2.32. The second-order valence-corrected chi connectivity index (χ2v) is 10.3. The van der Waals surface area contributed by atoms with Crippen molar-refractivity contribution in [2.24, 2.45) is 0 Å². The van der Waals surface area contributed by atoms with Crippen molar-refractivity contribution >= 4 is 33.1 Å². The number of nitrogens with zero attached hydrogens (tertiary/aromatic N) is 2. The summed E-state index contributed by atoms with van der Waals surface area (Å²) in [6.07, 6.45) is 2.77. The van der Waals surface area contributed by atoms with E-state index in [9.17, 15) is 18.0 Å². The maximum absolute atomic E-state index is 12.7. The van der Waals surface area contributed by atoms with Gasteiger partial charge in [-0.2, -0.15) is 0 Å². The highest BCUT2D eigenvalue weighted by Crippen LogP contribution is 2.34. The number of hydrogen-bond acceptors (Lipinski definition) is 5. The molecule has 1 aliphatic rings. The molecule has 2 aromatic rings. The number of carbonyl (C=O) groups is 2. The summed E-state index contributed by atoms with van der Waals surface area (Å²) in [6.45, 7) is 2.47. The van der Waals surface area contributed by atoms with Crippen molar-refractivity contribution in [3.05, 3.63) is 52.2 Å². The van der Waals surface area contributed by atoms with E-state index in [0.717, 1.165) is 19.4 Å². The zero-order chi connectivity index (χ0) is 21.0. The van der Waals surface area contributed by atoms with Gasteiger partial charge in [-0.15, -0.1) is 11.3 Å². The van der Waals surface area contributed by atoms with Gasteiger partial charge in [0, 0.05) is 37.0 Å². The summed E-state index contributed by atoms with van der Waals surface area (Å²) >= 11 is 1.67. The molecule has 0 bridgehead atoms. The molecule has 0 spiro atoms. The van der Waals surface area contributed by atoms with Crippen LogP contribution in [0, 0.1) is 0 Å². The summed E-state index contributed by atoms with van der Waals surface area (Å²) in [6, 6.07) is 10.2. The lowest BCUT2D eigenvalue weighted by molar-refractivity contribution is -0.132. The fourth-order valence-corrected chi connectivity index (χ4v) is 5.68. The van der Waals surface area contributed by atoms with Crippen molar-refractivity contribution < 1.29 is 18.0 Å². The molecule has 1 saturated heterocycles. The molecule has 0 N–H and O–H groups in total. The molecule has 0 aliphatic carbocycles. The third kappa shape index (κ3) is 4.94. The largest absolute Gasteiger partial charge is 0.335 e. The molecule has 1 aromatic carbocycles. The highest BCUT2D eigenvalue weighted by molar-refractivity contribution is 7.89. The van der Waals surface area contributed by atoms with Gasteiger partial charge < -0.3 is 4.90 Å². The number of benzene rings is 1. The van der Waals surface area contributed by atoms with Crippen LogP contribution in [0.2, 0.25) is 0 Å². The fourth-order valence-electron chi connectivity index (χ4n) is 3.60. The van der Waals surface area contributed by atoms with Gasteiger partial charge in [-0.05, 0) is 49.8 Å². The second-order valence-electron chi connectivity index (χ2n) is 7.27. The predicted molar refractivity (Wildman–Crippen MR) is 114 cm³/mol. The monoisotopic (exact) mass is 434 g/mol. The number of rotatable bonds is 8. The van der Waals surface area contributed by atoms with Gasteiger partial charge in [0.25, 0.3) is 0 Å². The Labute approximate surface area is 176 Å². The first kappa shape index (κ1) is 21.7. The molecule has 29 heavy (non-hydrogen) atoms. The van der Waals surface area contributed by atoms with Gasteiger partial charge in [-0.1, -0.05) is 18.2 Å². The Morgan fingerprint density at radius 1 is 1.21 bits per heavy atom. The minimum atomic E-state index is -3.65. The molecule has 1 fully saturated rings. The van der Waals surface area contributed by atoms with Crippen molar-refractivity contribution in [3.8, 4) is 0 Å². The molecular weight excluding hydrogens is 408 g/mol. The zero-order valence-corrected chi connectivity index (χ0v) is 18.3. The molecule has 156 valence electrons. The molecule has 0 unspecified atom stereocenters. The van der Waals surface area contributed by atoms with Crippen LogP contribution in [0.1, 0.15) is 53.9 Å². The lowest BCUT2D eigenvalue weighted by Gasteiger charge is -2.24. The first-order valence-electron chi connectivity index (χ1n) is 9.71. The summed E-state index contributed by atoms with van der Waals surface area (Å²) < 4.78 is 26.7. The Balaban J connectivity index is 1.55. The molecule has 1 atom stereocenters. The van der Waals surface area contributed by atoms with Gasteiger partial charge in [-0.25, -0.2) is 12.7 Å². The van der Waals surface area contributed by atoms with E-state index in [1.165, 1.54) is 47.4 Å². The van der Waals surface area contributed by atoms with E-state index >= 15 is 0 Å². The third-order valence-corrected chi connectivity index (χ3v) is 8.12. The van der Waals surface area contributed by atoms with E-state index in [1.807, 2.05) is 16.3 Å². The highest BCUT2D eigenvalue weighted by Gasteiger charge is 2.30. The molecular formula is C21H26N2O4S2. The van der Waals surface area contributed by atoms with Crippen LogP contribution in [-0.4, -0.2) is 49.5 Å². The minimum Gasteiger partial charge on any atom is -0.335 e. The molecule has 1 amide bonds. The summed E-state index contributed by atoms with van der Waals surface area (Å²) in [5, 5.41) is 2.03. The second kappa shape index (κ2) is 9.19. The zero-order valence-electron chi connectivity index (χ0n) is 16.7. The molecule has 6 nitrogen and oxygen atoms in total. The minimum absolute atomic E-state index is 0.0810. The van der Waals surface area contributed by atoms with Crippen LogP contribution in [0.15, 0.2) is 46.7 Å². The van der Waals surface area contributed by atoms with Gasteiger partial charge in [-0.3, -0.25) is 9.59 Å². The highest BCUT2D eigenvalue weighted by atomic mass is 32.2. The van der Waals surface area contributed by atoms with Crippen LogP contribution in [0.3, 0.4) is 0 Å². The Bertz CT molecular complexity index is 953. The van der Waals surface area contributed by atoms with Crippen molar-refractivity contribution in [1.29, 1.82) is 0 Å². The molecule has 1 aliphatic heterocycles. The quantitative estimate of drug-likeness (QED) is 0.594. The molecule has 0 saturated carbocycles. The van der Waals surface area contributed by atoms with E-state index < -0.39 is 10.0 Å². The van der Waals surface area contributed by atoms with Crippen LogP contribution >= 0.6 is 11.3 Å². The van der Waals surface area contributed by atoms with Crippen LogP contribution in [0.5, 0.6) is 0 Å². The Morgan fingerprint density at radius 2 is 1.93 bits per heavy atom. The molecule has 8 heteroatoms. The van der Waals surface area contributed by atoms with Gasteiger partial charge in [0.2, 0.25) is 15.9 Å². The van der Waals surface area contributed by atoms with Crippen LogP contribution in [-0.2, 0) is 14.8 Å². The van der Waals surface area contributed by atoms with E-state index in [0.29, 0.717) is 18.4 Å². The summed E-state index contributed by atoms with van der Waals surface area (Å²) in [7, 11) is -2.13. The standard InChI is InChI=1S/C21H26N2O4S2/c1-16(24)17-9-11-18(12-10-17)29(26,27)22(2)13-4-8-21(25)23-14-3-6-19(23)20-7-5-15-28-20/h5,7,9-12,15,19H,3-4,6,8,13-14H2,1-2H3/t19-/m1/s1. The number of thiophene rings is 1. The number of Topliss-reactive ketones (excluding diaryl/α,β-unsaturated/α-hetero) is 1. The van der Waals surface area contributed by atoms with Crippen LogP contribution < -0.4 is 0 Å². The average Bonchev–Trinajstić information content (AvgIpc) is 3.39. The molecule has 3 rings (SSSR count). The number of hydrogen-bond donors (Lipinski definition) is 0. The van der Waals surface area contributed by atoms with Crippen molar-refractivity contribution in [2.45, 2.75) is 43.5 Å². The van der Waals surface area contributed by atoms with E-state index in [2.05, 4.69) is 6.07 Å². The number of likely N-dealkylation sites (tertiary alicyclic amines) is 1. The van der Waals surface area contributed by atoms with E-state index in [-0.39, 0.29) is 29.2 Å². The fraction of sp³-hybridized carbons (Fsp3) is 0.429. The topological polar surface area (TPSA) is 74.8 Å². The lowest BCUT2D eigenvalue weighted by atomic mass is 10.1. The maximum atomic E-state index is 12.7. The number of amides is 1. The average molecular weight is 435 g/mol. The van der Waals surface area contributed by atoms with Crippen molar-refractivity contribution in [1.82, 2.24) is 9.21 Å². The van der Waals surface area contributed by atoms with Crippen molar-refractivity contribution in [3.63, 3.8) is 0 Å². The van der Waals surface area contributed by atoms with Gasteiger partial charge in [0.15, 0.2) is 5.78 Å². The maximum Gasteiger partial charge on any atom is 0.242 e. The van der Waals surface area contributed by atoms with Crippen molar-refractivity contribution in [2.75, 3.05) is 20.1 Å². The summed E-state index contributed by atoms with van der Waals surface area (Å²) in [4.78, 5) is 27.3. The van der Waals surface area contributed by atoms with E-state index in [4.69, 9.17) is 0 Å². The van der Waals surface area contributed by atoms with Gasteiger partial charge in [0.1, 0.15) is 0 Å². The van der Waals surface area contributed by atoms with Crippen LogP contribution in [0.4, 0.5) is 0 Å². The normalized spacial score (nSPS) is 17.1. The molecule has 0 radical (unpaired) electrons. The molecule has 2 heterocycles. The van der Waals surface area contributed by atoms with Gasteiger partial charge >= 0.3 is 0 Å². The Morgan fingerprint density at radius 3 is 2.55 bits per heavy atom. The summed E-state index contributed by atoms with van der Waals surface area (Å²) in [5.41, 5.74) is 0.475. The van der Waals surface area contributed by atoms with Gasteiger partial charge in [0.05, 0.1) is 10.9 Å².